The Balaban J connectivity index is 1.63. The summed E-state index contributed by atoms with van der Waals surface area (Å²) in [6.07, 6.45) is 3.31. The standard InChI is InChI=1S/C21H18FN3O3/c22-16-6-8-17(9-7-16)28-13-12-24-10-11-25-20(21(24)27)18(14-26)19(23-25)15-4-2-1-3-5-15/h1-11,26H,12-14H2. The number of aliphatic hydroxyl groups is 1. The maximum Gasteiger partial charge on any atom is 0.277 e. The molecule has 0 fully saturated rings. The molecule has 2 aromatic carbocycles. The number of hydrogen-bond donors (Lipinski definition) is 1. The van der Waals surface area contributed by atoms with Gasteiger partial charge in [0, 0.05) is 23.5 Å². The summed E-state index contributed by atoms with van der Waals surface area (Å²) >= 11 is 0. The third-order valence-electron chi connectivity index (χ3n) is 4.48. The van der Waals surface area contributed by atoms with Crippen LogP contribution in [0.4, 0.5) is 4.39 Å². The number of aliphatic hydroxyl groups excluding tert-OH is 1. The highest BCUT2D eigenvalue weighted by molar-refractivity contribution is 5.72. The van der Waals surface area contributed by atoms with Crippen LogP contribution in [0.5, 0.6) is 5.75 Å². The van der Waals surface area contributed by atoms with Gasteiger partial charge in [-0.2, -0.15) is 5.10 Å². The summed E-state index contributed by atoms with van der Waals surface area (Å²) in [5, 5.41) is 14.3. The van der Waals surface area contributed by atoms with Gasteiger partial charge in [-0.3, -0.25) is 4.79 Å². The van der Waals surface area contributed by atoms with Crippen LogP contribution in [0.2, 0.25) is 0 Å². The summed E-state index contributed by atoms with van der Waals surface area (Å²) < 4.78 is 21.5. The Bertz CT molecular complexity index is 1150. The summed E-state index contributed by atoms with van der Waals surface area (Å²) in [5.41, 5.74) is 1.99. The maximum absolute atomic E-state index is 12.9. The fraction of sp³-hybridized carbons (Fsp3) is 0.143. The van der Waals surface area contributed by atoms with Crippen LogP contribution in [0.15, 0.2) is 71.8 Å². The smallest absolute Gasteiger partial charge is 0.277 e. The number of benzene rings is 2. The van der Waals surface area contributed by atoms with Gasteiger partial charge in [-0.25, -0.2) is 8.91 Å². The van der Waals surface area contributed by atoms with E-state index in [4.69, 9.17) is 4.74 Å². The molecule has 1 N–H and O–H groups in total. The molecule has 28 heavy (non-hydrogen) atoms. The van der Waals surface area contributed by atoms with E-state index in [2.05, 4.69) is 5.10 Å². The molecule has 7 heteroatoms. The van der Waals surface area contributed by atoms with E-state index in [0.29, 0.717) is 29.1 Å². The van der Waals surface area contributed by atoms with Crippen LogP contribution < -0.4 is 10.3 Å². The fourth-order valence-electron chi connectivity index (χ4n) is 3.10. The first-order chi connectivity index (χ1) is 13.7. The SMILES string of the molecule is O=c1c2c(CO)c(-c3ccccc3)nn2ccn1CCOc1ccc(F)cc1. The lowest BCUT2D eigenvalue weighted by Gasteiger charge is -2.09. The van der Waals surface area contributed by atoms with Gasteiger partial charge < -0.3 is 14.4 Å². The van der Waals surface area contributed by atoms with Crippen LogP contribution in [-0.4, -0.2) is 25.9 Å². The van der Waals surface area contributed by atoms with E-state index < -0.39 is 0 Å². The van der Waals surface area contributed by atoms with E-state index in [1.807, 2.05) is 30.3 Å². The first-order valence-electron chi connectivity index (χ1n) is 8.82. The molecule has 4 aromatic rings. The summed E-state index contributed by atoms with van der Waals surface area (Å²) in [5.74, 6) is 0.197. The minimum absolute atomic E-state index is 0.246. The quantitative estimate of drug-likeness (QED) is 0.559. The van der Waals surface area contributed by atoms with Crippen molar-refractivity contribution in [3.8, 4) is 17.0 Å². The summed E-state index contributed by atoms with van der Waals surface area (Å²) in [7, 11) is 0. The van der Waals surface area contributed by atoms with Crippen LogP contribution in [-0.2, 0) is 13.2 Å². The van der Waals surface area contributed by atoms with Gasteiger partial charge in [-0.05, 0) is 24.3 Å². The zero-order valence-electron chi connectivity index (χ0n) is 15.0. The fourth-order valence-corrected chi connectivity index (χ4v) is 3.10. The molecule has 0 unspecified atom stereocenters. The summed E-state index contributed by atoms with van der Waals surface area (Å²) in [6.45, 7) is 0.262. The van der Waals surface area contributed by atoms with Crippen molar-refractivity contribution in [2.45, 2.75) is 13.2 Å². The first kappa shape index (κ1) is 17.9. The molecule has 2 heterocycles. The minimum Gasteiger partial charge on any atom is -0.492 e. The lowest BCUT2D eigenvalue weighted by atomic mass is 10.1. The number of nitrogens with zero attached hydrogens (tertiary/aromatic N) is 3. The maximum atomic E-state index is 12.9. The number of fused-ring (bicyclic) bond motifs is 1. The molecule has 0 aliphatic heterocycles. The van der Waals surface area contributed by atoms with Crippen molar-refractivity contribution in [2.75, 3.05) is 6.61 Å². The van der Waals surface area contributed by atoms with Gasteiger partial charge in [0.1, 0.15) is 23.7 Å². The van der Waals surface area contributed by atoms with Gasteiger partial charge in [0.15, 0.2) is 0 Å². The molecule has 0 aliphatic rings. The molecular weight excluding hydrogens is 361 g/mol. The Hall–Kier alpha value is -3.45. The topological polar surface area (TPSA) is 68.8 Å². The van der Waals surface area contributed by atoms with Crippen molar-refractivity contribution in [3.05, 3.63) is 88.7 Å². The monoisotopic (exact) mass is 379 g/mol. The predicted octanol–water partition coefficient (Wildman–Crippen LogP) is 2.87. The molecule has 0 aliphatic carbocycles. The molecule has 0 saturated carbocycles. The number of ether oxygens (including phenoxy) is 1. The number of aromatic nitrogens is 3. The van der Waals surface area contributed by atoms with Gasteiger partial charge in [0.25, 0.3) is 5.56 Å². The molecule has 2 aromatic heterocycles. The van der Waals surface area contributed by atoms with E-state index in [9.17, 15) is 14.3 Å². The lowest BCUT2D eigenvalue weighted by Crippen LogP contribution is -2.24. The molecule has 0 radical (unpaired) electrons. The van der Waals surface area contributed by atoms with Crippen LogP contribution >= 0.6 is 0 Å². The molecule has 4 rings (SSSR count). The summed E-state index contributed by atoms with van der Waals surface area (Å²) in [4.78, 5) is 12.9. The Morgan fingerprint density at radius 2 is 1.79 bits per heavy atom. The number of rotatable bonds is 6. The van der Waals surface area contributed by atoms with Gasteiger partial charge in [0.2, 0.25) is 0 Å². The van der Waals surface area contributed by atoms with E-state index in [1.165, 1.54) is 33.3 Å². The molecule has 0 amide bonds. The normalized spacial score (nSPS) is 11.1. The van der Waals surface area contributed by atoms with Crippen molar-refractivity contribution in [1.29, 1.82) is 0 Å². The van der Waals surface area contributed by atoms with Crippen molar-refractivity contribution >= 4 is 5.52 Å². The van der Waals surface area contributed by atoms with Gasteiger partial charge in [0.05, 0.1) is 18.8 Å². The molecule has 0 bridgehead atoms. The second kappa shape index (κ2) is 7.66. The first-order valence-corrected chi connectivity index (χ1v) is 8.82. The van der Waals surface area contributed by atoms with Gasteiger partial charge in [-0.1, -0.05) is 30.3 Å². The molecular formula is C21H18FN3O3. The van der Waals surface area contributed by atoms with Crippen LogP contribution in [0.3, 0.4) is 0 Å². The molecule has 0 saturated heterocycles. The van der Waals surface area contributed by atoms with Crippen molar-refractivity contribution in [3.63, 3.8) is 0 Å². The van der Waals surface area contributed by atoms with E-state index in [-0.39, 0.29) is 24.6 Å². The second-order valence-electron chi connectivity index (χ2n) is 6.24. The number of hydrogen-bond acceptors (Lipinski definition) is 4. The van der Waals surface area contributed by atoms with Gasteiger partial charge in [-0.15, -0.1) is 0 Å². The lowest BCUT2D eigenvalue weighted by molar-refractivity contribution is 0.283. The van der Waals surface area contributed by atoms with Crippen molar-refractivity contribution < 1.29 is 14.2 Å². The third-order valence-corrected chi connectivity index (χ3v) is 4.48. The van der Waals surface area contributed by atoms with E-state index in [1.54, 1.807) is 12.4 Å². The van der Waals surface area contributed by atoms with Gasteiger partial charge >= 0.3 is 0 Å². The Morgan fingerprint density at radius 3 is 2.50 bits per heavy atom. The highest BCUT2D eigenvalue weighted by Gasteiger charge is 2.17. The zero-order chi connectivity index (χ0) is 19.5. The van der Waals surface area contributed by atoms with Crippen LogP contribution in [0.25, 0.3) is 16.8 Å². The van der Waals surface area contributed by atoms with Crippen molar-refractivity contribution in [2.24, 2.45) is 0 Å². The predicted molar refractivity (Wildman–Crippen MR) is 103 cm³/mol. The molecule has 0 spiro atoms. The second-order valence-corrected chi connectivity index (χ2v) is 6.24. The van der Waals surface area contributed by atoms with Crippen LogP contribution in [0.1, 0.15) is 5.56 Å². The zero-order valence-corrected chi connectivity index (χ0v) is 15.0. The largest absolute Gasteiger partial charge is 0.492 e. The number of halogens is 1. The average molecular weight is 379 g/mol. The Kier molecular flexibility index (Phi) is 4.90. The molecule has 6 nitrogen and oxygen atoms in total. The highest BCUT2D eigenvalue weighted by atomic mass is 19.1. The minimum atomic E-state index is -0.333. The van der Waals surface area contributed by atoms with E-state index >= 15 is 0 Å². The summed E-state index contributed by atoms with van der Waals surface area (Å²) in [6, 6.07) is 15.1. The highest BCUT2D eigenvalue weighted by Crippen LogP contribution is 2.24. The Labute approximate surface area is 160 Å². The van der Waals surface area contributed by atoms with Crippen LogP contribution in [0, 0.1) is 5.82 Å². The van der Waals surface area contributed by atoms with E-state index in [0.717, 1.165) is 5.56 Å². The molecule has 142 valence electrons. The average Bonchev–Trinajstić information content (AvgIpc) is 3.11. The van der Waals surface area contributed by atoms with Crippen molar-refractivity contribution in [1.82, 2.24) is 14.2 Å². The third kappa shape index (κ3) is 3.39. The molecule has 0 atom stereocenters. The Morgan fingerprint density at radius 1 is 1.04 bits per heavy atom.